The molecular formula is C29H43-. The minimum atomic E-state index is 0. The first-order valence-corrected chi connectivity index (χ1v) is 10.8. The molecule has 0 unspecified atom stereocenters. The van der Waals surface area contributed by atoms with Crippen molar-refractivity contribution < 1.29 is 0 Å². The molecule has 0 aliphatic heterocycles. The van der Waals surface area contributed by atoms with Crippen LogP contribution in [0.5, 0.6) is 0 Å². The first-order chi connectivity index (χ1) is 13.6. The summed E-state index contributed by atoms with van der Waals surface area (Å²) < 4.78 is 0. The first-order valence-electron chi connectivity index (χ1n) is 10.8. The fourth-order valence-electron chi connectivity index (χ4n) is 3.00. The van der Waals surface area contributed by atoms with E-state index in [4.69, 9.17) is 0 Å². The van der Waals surface area contributed by atoms with Crippen LogP contribution in [-0.4, -0.2) is 0 Å². The Morgan fingerprint density at radius 2 is 0.931 bits per heavy atom. The van der Waals surface area contributed by atoms with Gasteiger partial charge >= 0.3 is 0 Å². The topological polar surface area (TPSA) is 0 Å². The zero-order valence-corrected chi connectivity index (χ0v) is 20.3. The predicted octanol–water partition coefficient (Wildman–Crippen LogP) is 9.26. The van der Waals surface area contributed by atoms with Gasteiger partial charge in [0, 0.05) is 11.8 Å². The van der Waals surface area contributed by atoms with Gasteiger partial charge < -0.3 is 7.43 Å². The first kappa shape index (κ1) is 28.9. The van der Waals surface area contributed by atoms with Crippen LogP contribution in [0.2, 0.25) is 0 Å². The van der Waals surface area contributed by atoms with Gasteiger partial charge in [-0.15, -0.1) is 0 Å². The maximum absolute atomic E-state index is 4.00. The van der Waals surface area contributed by atoms with Crippen molar-refractivity contribution in [2.24, 2.45) is 5.92 Å². The molecule has 0 radical (unpaired) electrons. The van der Waals surface area contributed by atoms with E-state index in [9.17, 15) is 0 Å². The molecule has 0 saturated heterocycles. The Bertz CT molecular complexity index is 650. The molecule has 160 valence electrons. The number of aryl methyl sites for hydroxylation is 2. The van der Waals surface area contributed by atoms with Gasteiger partial charge in [-0.25, -0.2) is 0 Å². The summed E-state index contributed by atoms with van der Waals surface area (Å²) in [5.74, 6) is 0.720. The lowest BCUT2D eigenvalue weighted by Gasteiger charge is -2.25. The molecule has 0 spiro atoms. The van der Waals surface area contributed by atoms with Gasteiger partial charge in [0.2, 0.25) is 0 Å². The maximum Gasteiger partial charge on any atom is 0.0187 e. The Labute approximate surface area is 182 Å². The van der Waals surface area contributed by atoms with E-state index in [0.717, 1.165) is 5.57 Å². The zero-order chi connectivity index (χ0) is 21.5. The molecule has 2 aromatic rings. The quantitative estimate of drug-likeness (QED) is 0.457. The molecule has 0 heteroatoms. The van der Waals surface area contributed by atoms with Crippen molar-refractivity contribution in [3.63, 3.8) is 0 Å². The van der Waals surface area contributed by atoms with Crippen molar-refractivity contribution in [2.45, 2.75) is 61.3 Å². The van der Waals surface area contributed by atoms with E-state index >= 15 is 0 Å². The third-order valence-corrected chi connectivity index (χ3v) is 4.32. The molecule has 29 heavy (non-hydrogen) atoms. The summed E-state index contributed by atoms with van der Waals surface area (Å²) >= 11 is 0. The lowest BCUT2D eigenvalue weighted by Crippen LogP contribution is -2.12. The normalized spacial score (nSPS) is 11.8. The summed E-state index contributed by atoms with van der Waals surface area (Å²) in [5, 5.41) is 0. The van der Waals surface area contributed by atoms with Gasteiger partial charge in [0.15, 0.2) is 0 Å². The summed E-state index contributed by atoms with van der Waals surface area (Å²) in [4.78, 5) is 0. The van der Waals surface area contributed by atoms with Crippen LogP contribution in [-0.2, 0) is 0 Å². The summed E-state index contributed by atoms with van der Waals surface area (Å²) in [6.07, 6.45) is 8.79. The molecule has 0 atom stereocenters. The molecule has 0 bridgehead atoms. The van der Waals surface area contributed by atoms with E-state index in [1.54, 1.807) is 0 Å². The van der Waals surface area contributed by atoms with E-state index in [0.29, 0.717) is 11.8 Å². The van der Waals surface area contributed by atoms with E-state index in [2.05, 4.69) is 93.3 Å². The molecule has 2 aromatic carbocycles. The molecule has 0 saturated carbocycles. The Balaban J connectivity index is 0. The van der Waals surface area contributed by atoms with Crippen LogP contribution < -0.4 is 0 Å². The maximum atomic E-state index is 4.00. The van der Waals surface area contributed by atoms with Crippen molar-refractivity contribution in [3.05, 3.63) is 115 Å². The second-order valence-electron chi connectivity index (χ2n) is 6.17. The number of rotatable bonds is 3. The highest BCUT2D eigenvalue weighted by molar-refractivity contribution is 5.42. The van der Waals surface area contributed by atoms with Gasteiger partial charge in [-0.2, -0.15) is 0 Å². The zero-order valence-electron chi connectivity index (χ0n) is 20.3. The summed E-state index contributed by atoms with van der Waals surface area (Å²) in [7, 11) is 0. The second kappa shape index (κ2) is 16.6. The average molecular weight is 392 g/mol. The van der Waals surface area contributed by atoms with Crippen molar-refractivity contribution in [2.75, 3.05) is 0 Å². The summed E-state index contributed by atoms with van der Waals surface area (Å²) in [5.41, 5.74) is 6.40. The summed E-state index contributed by atoms with van der Waals surface area (Å²) in [6.45, 7) is 20.3. The molecule has 0 amide bonds. The van der Waals surface area contributed by atoms with Crippen LogP contribution in [0.25, 0.3) is 0 Å². The highest BCUT2D eigenvalue weighted by atomic mass is 14.3. The van der Waals surface area contributed by atoms with Crippen LogP contribution >= 0.6 is 0 Å². The minimum Gasteiger partial charge on any atom is -0.358 e. The Morgan fingerprint density at radius 1 is 0.621 bits per heavy atom. The third-order valence-electron chi connectivity index (χ3n) is 4.32. The largest absolute Gasteiger partial charge is 0.358 e. The molecule has 1 aliphatic carbocycles. The molecule has 0 N–H and O–H groups in total. The van der Waals surface area contributed by atoms with Crippen molar-refractivity contribution in [1.29, 1.82) is 0 Å². The minimum absolute atomic E-state index is 0. The van der Waals surface area contributed by atoms with Gasteiger partial charge in [0.1, 0.15) is 0 Å². The monoisotopic (exact) mass is 391 g/mol. The average Bonchev–Trinajstić information content (AvgIpc) is 2.77. The highest BCUT2D eigenvalue weighted by Crippen LogP contribution is 2.36. The standard InChI is InChI=1S/C22H22.3C2H6.CH3/c1-16-4-10-19(11-5-16)22(20-12-6-17(2)7-13-20)21-14-8-18(3)9-15-21;3*1-2;/h4-15,19,22H,1H2,2-3H3;3*1-2H3;1H3/q;;;;-1. The second-order valence-corrected chi connectivity index (χ2v) is 6.17. The van der Waals surface area contributed by atoms with E-state index in [-0.39, 0.29) is 7.43 Å². The SMILES string of the molecule is C=C1C=CC(C(c2ccc(C)cc2)c2ccc(C)cc2)C=C1.CC.CC.CC.[CH3-]. The van der Waals surface area contributed by atoms with Crippen molar-refractivity contribution in [3.8, 4) is 0 Å². The lowest BCUT2D eigenvalue weighted by molar-refractivity contribution is 0.681. The van der Waals surface area contributed by atoms with Gasteiger partial charge in [-0.3, -0.25) is 0 Å². The number of allylic oxidation sites excluding steroid dienone is 5. The van der Waals surface area contributed by atoms with Gasteiger partial charge in [-0.05, 0) is 30.5 Å². The van der Waals surface area contributed by atoms with Gasteiger partial charge in [-0.1, -0.05) is 132 Å². The third kappa shape index (κ3) is 9.13. The van der Waals surface area contributed by atoms with Gasteiger partial charge in [0.25, 0.3) is 0 Å². The smallest absolute Gasteiger partial charge is 0.0187 e. The number of benzene rings is 2. The number of hydrogen-bond acceptors (Lipinski definition) is 0. The highest BCUT2D eigenvalue weighted by Gasteiger charge is 2.22. The van der Waals surface area contributed by atoms with Crippen LogP contribution in [0.4, 0.5) is 0 Å². The Hall–Kier alpha value is -2.34. The molecule has 3 rings (SSSR count). The predicted molar refractivity (Wildman–Crippen MR) is 136 cm³/mol. The summed E-state index contributed by atoms with van der Waals surface area (Å²) in [6, 6.07) is 17.8. The number of hydrogen-bond donors (Lipinski definition) is 0. The van der Waals surface area contributed by atoms with Crippen LogP contribution in [0.3, 0.4) is 0 Å². The van der Waals surface area contributed by atoms with E-state index in [1.165, 1.54) is 22.3 Å². The van der Waals surface area contributed by atoms with Crippen LogP contribution in [0.15, 0.2) is 85.0 Å². The Morgan fingerprint density at radius 3 is 1.24 bits per heavy atom. The van der Waals surface area contributed by atoms with Gasteiger partial charge in [0.05, 0.1) is 0 Å². The van der Waals surface area contributed by atoms with Crippen LogP contribution in [0, 0.1) is 27.2 Å². The van der Waals surface area contributed by atoms with Crippen LogP contribution in [0.1, 0.15) is 69.7 Å². The van der Waals surface area contributed by atoms with Crippen molar-refractivity contribution in [1.82, 2.24) is 0 Å². The van der Waals surface area contributed by atoms with E-state index in [1.807, 2.05) is 41.5 Å². The molecule has 1 aliphatic rings. The fraction of sp³-hybridized carbons (Fsp3) is 0.345. The molecule has 0 fully saturated rings. The fourth-order valence-corrected chi connectivity index (χ4v) is 3.00. The van der Waals surface area contributed by atoms with Crippen molar-refractivity contribution >= 4 is 0 Å². The molecular weight excluding hydrogens is 348 g/mol. The molecule has 0 aromatic heterocycles. The lowest BCUT2D eigenvalue weighted by atomic mass is 9.78. The molecule has 0 nitrogen and oxygen atoms in total. The van der Waals surface area contributed by atoms with E-state index < -0.39 is 0 Å². The Kier molecular flexibility index (Phi) is 16.5. The molecule has 0 heterocycles.